The quantitative estimate of drug-likeness (QED) is 0.848. The summed E-state index contributed by atoms with van der Waals surface area (Å²) in [6, 6.07) is 5.12. The van der Waals surface area contributed by atoms with Gasteiger partial charge in [-0.3, -0.25) is 0 Å². The van der Waals surface area contributed by atoms with Crippen molar-refractivity contribution in [1.82, 2.24) is 4.31 Å². The Bertz CT molecular complexity index is 609. The van der Waals surface area contributed by atoms with Crippen LogP contribution in [0.4, 0.5) is 0 Å². The van der Waals surface area contributed by atoms with E-state index in [0.29, 0.717) is 27.4 Å². The number of aliphatic hydroxyl groups is 1. The third-order valence-corrected chi connectivity index (χ3v) is 6.75. The molecule has 0 aromatic heterocycles. The Hall–Kier alpha value is -0.430. The average molecular weight is 360 g/mol. The van der Waals surface area contributed by atoms with Crippen LogP contribution >= 0.6 is 15.9 Å². The van der Waals surface area contributed by atoms with Gasteiger partial charge in [-0.2, -0.15) is 4.31 Å². The van der Waals surface area contributed by atoms with Gasteiger partial charge in [-0.15, -0.1) is 0 Å². The van der Waals surface area contributed by atoms with Crippen molar-refractivity contribution in [3.8, 4) is 0 Å². The van der Waals surface area contributed by atoms with Crippen LogP contribution in [0.3, 0.4) is 0 Å². The van der Waals surface area contributed by atoms with E-state index in [4.69, 9.17) is 5.11 Å². The fourth-order valence-electron chi connectivity index (χ4n) is 2.34. The number of hydrogen-bond acceptors (Lipinski definition) is 3. The summed E-state index contributed by atoms with van der Waals surface area (Å²) in [6.07, 6.45) is 4.23. The molecule has 1 aromatic rings. The topological polar surface area (TPSA) is 57.6 Å². The Kier molecular flexibility index (Phi) is 3.92. The zero-order valence-corrected chi connectivity index (χ0v) is 13.5. The molecular formula is C14H18BrNO3S. The first kappa shape index (κ1) is 14.5. The summed E-state index contributed by atoms with van der Waals surface area (Å²) < 4.78 is 27.9. The molecule has 1 N–H and O–H groups in total. The van der Waals surface area contributed by atoms with Crippen LogP contribution < -0.4 is 0 Å². The minimum Gasteiger partial charge on any atom is -0.392 e. The second-order valence-electron chi connectivity index (χ2n) is 5.67. The molecule has 0 heterocycles. The van der Waals surface area contributed by atoms with E-state index in [1.807, 2.05) is 0 Å². The van der Waals surface area contributed by atoms with Crippen molar-refractivity contribution in [2.24, 2.45) is 5.92 Å². The highest BCUT2D eigenvalue weighted by atomic mass is 79.9. The average Bonchev–Trinajstić information content (AvgIpc) is 3.27. The summed E-state index contributed by atoms with van der Waals surface area (Å²) >= 11 is 3.33. The summed E-state index contributed by atoms with van der Waals surface area (Å²) in [6.45, 7) is 0.564. The molecule has 2 fully saturated rings. The number of rotatable bonds is 6. The number of halogens is 1. The fourth-order valence-corrected chi connectivity index (χ4v) is 5.19. The molecule has 3 rings (SSSR count). The first-order valence-corrected chi connectivity index (χ1v) is 9.17. The third kappa shape index (κ3) is 2.93. The molecule has 0 radical (unpaired) electrons. The van der Waals surface area contributed by atoms with Crippen LogP contribution in [0.2, 0.25) is 0 Å². The van der Waals surface area contributed by atoms with E-state index in [1.165, 1.54) is 0 Å². The van der Waals surface area contributed by atoms with E-state index in [2.05, 4.69) is 15.9 Å². The first-order valence-electron chi connectivity index (χ1n) is 6.93. The number of sulfonamides is 1. The predicted octanol–water partition coefficient (Wildman–Crippen LogP) is 2.50. The lowest BCUT2D eigenvalue weighted by Gasteiger charge is -2.22. The molecular weight excluding hydrogens is 342 g/mol. The molecule has 0 aliphatic heterocycles. The van der Waals surface area contributed by atoms with Crippen LogP contribution in [-0.4, -0.2) is 30.4 Å². The molecule has 110 valence electrons. The minimum absolute atomic E-state index is 0.0899. The molecule has 0 unspecified atom stereocenters. The van der Waals surface area contributed by atoms with E-state index in [0.717, 1.165) is 25.7 Å². The molecule has 0 amide bonds. The highest BCUT2D eigenvalue weighted by Gasteiger charge is 2.41. The van der Waals surface area contributed by atoms with Crippen molar-refractivity contribution in [2.75, 3.05) is 6.54 Å². The Morgan fingerprint density at radius 3 is 2.45 bits per heavy atom. The van der Waals surface area contributed by atoms with Crippen molar-refractivity contribution in [1.29, 1.82) is 0 Å². The summed E-state index contributed by atoms with van der Waals surface area (Å²) in [5.41, 5.74) is 0.705. The number of benzene rings is 1. The van der Waals surface area contributed by atoms with Gasteiger partial charge in [-0.05, 0) is 65.2 Å². The SMILES string of the molecule is O=S(=O)(c1ccc(CO)cc1Br)N(CC1CC1)C1CC1. The van der Waals surface area contributed by atoms with Crippen molar-refractivity contribution >= 4 is 26.0 Å². The molecule has 6 heteroatoms. The van der Waals surface area contributed by atoms with Gasteiger partial charge in [-0.1, -0.05) is 6.07 Å². The molecule has 0 spiro atoms. The molecule has 2 saturated carbocycles. The van der Waals surface area contributed by atoms with Gasteiger partial charge in [0.15, 0.2) is 0 Å². The summed E-state index contributed by atoms with van der Waals surface area (Å²) in [5, 5.41) is 9.11. The predicted molar refractivity (Wildman–Crippen MR) is 79.7 cm³/mol. The maximum absolute atomic E-state index is 12.8. The summed E-state index contributed by atoms with van der Waals surface area (Å²) in [7, 11) is -3.44. The van der Waals surface area contributed by atoms with Crippen LogP contribution in [-0.2, 0) is 16.6 Å². The maximum Gasteiger partial charge on any atom is 0.244 e. The second kappa shape index (κ2) is 5.40. The van der Waals surface area contributed by atoms with Gasteiger partial charge in [0.2, 0.25) is 10.0 Å². The number of aliphatic hydroxyl groups excluding tert-OH is 1. The molecule has 0 saturated heterocycles. The Balaban J connectivity index is 1.92. The molecule has 4 nitrogen and oxygen atoms in total. The van der Waals surface area contributed by atoms with Crippen LogP contribution in [0, 0.1) is 5.92 Å². The fraction of sp³-hybridized carbons (Fsp3) is 0.571. The second-order valence-corrected chi connectivity index (χ2v) is 8.39. The largest absolute Gasteiger partial charge is 0.392 e. The highest BCUT2D eigenvalue weighted by molar-refractivity contribution is 9.10. The van der Waals surface area contributed by atoms with E-state index < -0.39 is 10.0 Å². The monoisotopic (exact) mass is 359 g/mol. The van der Waals surface area contributed by atoms with Crippen molar-refractivity contribution in [3.63, 3.8) is 0 Å². The lowest BCUT2D eigenvalue weighted by Crippen LogP contribution is -2.35. The standard InChI is InChI=1S/C14H18BrNO3S/c15-13-7-11(9-17)3-6-14(13)20(18,19)16(12-4-5-12)8-10-1-2-10/h3,6-7,10,12,17H,1-2,4-5,8-9H2. The minimum atomic E-state index is -3.44. The van der Waals surface area contributed by atoms with Gasteiger partial charge in [0.1, 0.15) is 0 Å². The molecule has 1 aromatic carbocycles. The smallest absolute Gasteiger partial charge is 0.244 e. The molecule has 2 aliphatic rings. The Morgan fingerprint density at radius 2 is 1.95 bits per heavy atom. The third-order valence-electron chi connectivity index (χ3n) is 3.85. The molecule has 20 heavy (non-hydrogen) atoms. The lowest BCUT2D eigenvalue weighted by molar-refractivity contribution is 0.281. The normalized spacial score (nSPS) is 19.6. The van der Waals surface area contributed by atoms with Crippen LogP contribution in [0.5, 0.6) is 0 Å². The van der Waals surface area contributed by atoms with Crippen LogP contribution in [0.15, 0.2) is 27.6 Å². The maximum atomic E-state index is 12.8. The zero-order valence-electron chi connectivity index (χ0n) is 11.1. The number of nitrogens with zero attached hydrogens (tertiary/aromatic N) is 1. The van der Waals surface area contributed by atoms with Gasteiger partial charge in [0.25, 0.3) is 0 Å². The van der Waals surface area contributed by atoms with Gasteiger partial charge in [0, 0.05) is 17.1 Å². The molecule has 0 atom stereocenters. The van der Waals surface area contributed by atoms with Crippen molar-refractivity contribution < 1.29 is 13.5 Å². The Morgan fingerprint density at radius 1 is 1.25 bits per heavy atom. The van der Waals surface area contributed by atoms with Gasteiger partial charge in [0.05, 0.1) is 11.5 Å². The van der Waals surface area contributed by atoms with E-state index in [9.17, 15) is 8.42 Å². The first-order chi connectivity index (χ1) is 9.52. The van der Waals surface area contributed by atoms with Crippen molar-refractivity contribution in [3.05, 3.63) is 28.2 Å². The van der Waals surface area contributed by atoms with Gasteiger partial charge < -0.3 is 5.11 Å². The van der Waals surface area contributed by atoms with E-state index >= 15 is 0 Å². The summed E-state index contributed by atoms with van der Waals surface area (Å²) in [5.74, 6) is 0.542. The van der Waals surface area contributed by atoms with Gasteiger partial charge >= 0.3 is 0 Å². The Labute approximate surface area is 128 Å². The number of hydrogen-bond donors (Lipinski definition) is 1. The van der Waals surface area contributed by atoms with E-state index in [1.54, 1.807) is 22.5 Å². The lowest BCUT2D eigenvalue weighted by atomic mass is 10.2. The van der Waals surface area contributed by atoms with Crippen LogP contribution in [0.25, 0.3) is 0 Å². The highest BCUT2D eigenvalue weighted by Crippen LogP contribution is 2.39. The van der Waals surface area contributed by atoms with Crippen molar-refractivity contribution in [2.45, 2.75) is 43.2 Å². The van der Waals surface area contributed by atoms with Gasteiger partial charge in [-0.25, -0.2) is 8.42 Å². The zero-order chi connectivity index (χ0) is 14.3. The molecule has 0 bridgehead atoms. The van der Waals surface area contributed by atoms with Crippen LogP contribution in [0.1, 0.15) is 31.2 Å². The molecule has 2 aliphatic carbocycles. The summed E-state index contributed by atoms with van der Waals surface area (Å²) in [4.78, 5) is 0.308. The van der Waals surface area contributed by atoms with E-state index in [-0.39, 0.29) is 12.6 Å².